The van der Waals surface area contributed by atoms with E-state index in [0.29, 0.717) is 12.1 Å². The smallest absolute Gasteiger partial charge is 0.251 e. The summed E-state index contributed by atoms with van der Waals surface area (Å²) in [6.45, 7) is 0.539. The molecule has 2 heteroatoms. The molecule has 1 radical (unpaired) electrons. The van der Waals surface area contributed by atoms with Crippen LogP contribution in [-0.2, 0) is 0 Å². The minimum atomic E-state index is -0.0437. The van der Waals surface area contributed by atoms with Crippen LogP contribution in [0.2, 0.25) is 0 Å². The Morgan fingerprint density at radius 2 is 1.53 bits per heavy atom. The maximum atomic E-state index is 11.7. The summed E-state index contributed by atoms with van der Waals surface area (Å²) in [5.41, 5.74) is 1.80. The van der Waals surface area contributed by atoms with Crippen LogP contribution in [0.5, 0.6) is 0 Å². The highest BCUT2D eigenvalue weighted by Crippen LogP contribution is 2.01. The van der Waals surface area contributed by atoms with Crippen LogP contribution in [0.4, 0.5) is 0 Å². The van der Waals surface area contributed by atoms with Gasteiger partial charge in [-0.15, -0.1) is 0 Å². The minimum Gasteiger partial charge on any atom is -0.351 e. The van der Waals surface area contributed by atoms with Crippen LogP contribution in [0.15, 0.2) is 60.7 Å². The van der Waals surface area contributed by atoms with Crippen molar-refractivity contribution in [2.75, 3.05) is 6.54 Å². The van der Waals surface area contributed by atoms with Gasteiger partial charge in [-0.3, -0.25) is 4.79 Å². The summed E-state index contributed by atoms with van der Waals surface area (Å²) >= 11 is 0. The molecule has 1 amide bonds. The highest BCUT2D eigenvalue weighted by molar-refractivity contribution is 5.94. The van der Waals surface area contributed by atoms with Gasteiger partial charge >= 0.3 is 0 Å². The second kappa shape index (κ2) is 5.85. The third-order valence-electron chi connectivity index (χ3n) is 2.44. The molecule has 85 valence electrons. The Kier molecular flexibility index (Phi) is 3.92. The molecule has 0 aliphatic rings. The molecule has 17 heavy (non-hydrogen) atoms. The van der Waals surface area contributed by atoms with Crippen molar-refractivity contribution in [1.82, 2.24) is 5.32 Å². The summed E-state index contributed by atoms with van der Waals surface area (Å²) in [4.78, 5) is 11.7. The SMILES string of the molecule is O=C(NC[CH]c1ccccc1)c1ccccc1. The van der Waals surface area contributed by atoms with Gasteiger partial charge < -0.3 is 5.32 Å². The van der Waals surface area contributed by atoms with Crippen molar-refractivity contribution in [1.29, 1.82) is 0 Å². The van der Waals surface area contributed by atoms with E-state index in [9.17, 15) is 4.79 Å². The number of hydrogen-bond acceptors (Lipinski definition) is 1. The van der Waals surface area contributed by atoms with E-state index in [1.165, 1.54) is 0 Å². The quantitative estimate of drug-likeness (QED) is 0.850. The second-order valence-electron chi connectivity index (χ2n) is 3.69. The molecule has 2 rings (SSSR count). The fraction of sp³-hybridized carbons (Fsp3) is 0.0667. The summed E-state index contributed by atoms with van der Waals surface area (Å²) in [5.74, 6) is -0.0437. The van der Waals surface area contributed by atoms with Crippen LogP contribution >= 0.6 is 0 Å². The Hall–Kier alpha value is -2.09. The van der Waals surface area contributed by atoms with Gasteiger partial charge in [-0.25, -0.2) is 0 Å². The van der Waals surface area contributed by atoms with E-state index in [1.54, 1.807) is 12.1 Å². The number of rotatable bonds is 4. The largest absolute Gasteiger partial charge is 0.351 e. The molecule has 0 spiro atoms. The second-order valence-corrected chi connectivity index (χ2v) is 3.69. The molecule has 2 nitrogen and oxygen atoms in total. The zero-order chi connectivity index (χ0) is 11.9. The normalized spacial score (nSPS) is 9.88. The van der Waals surface area contributed by atoms with Crippen molar-refractivity contribution < 1.29 is 4.79 Å². The molecular weight excluding hydrogens is 210 g/mol. The molecule has 2 aromatic rings. The Labute approximate surface area is 101 Å². The van der Waals surface area contributed by atoms with Gasteiger partial charge in [0.1, 0.15) is 0 Å². The monoisotopic (exact) mass is 224 g/mol. The molecule has 2 aromatic carbocycles. The number of benzene rings is 2. The van der Waals surface area contributed by atoms with Crippen LogP contribution in [0.25, 0.3) is 0 Å². The van der Waals surface area contributed by atoms with Crippen molar-refractivity contribution >= 4 is 5.91 Å². The summed E-state index contributed by atoms with van der Waals surface area (Å²) in [6, 6.07) is 19.2. The van der Waals surface area contributed by atoms with Crippen LogP contribution in [-0.4, -0.2) is 12.5 Å². The Morgan fingerprint density at radius 3 is 2.18 bits per heavy atom. The van der Waals surface area contributed by atoms with Crippen molar-refractivity contribution in [2.24, 2.45) is 0 Å². The van der Waals surface area contributed by atoms with E-state index < -0.39 is 0 Å². The fourth-order valence-electron chi connectivity index (χ4n) is 1.54. The van der Waals surface area contributed by atoms with Gasteiger partial charge in [0, 0.05) is 18.5 Å². The molecule has 0 bridgehead atoms. The van der Waals surface area contributed by atoms with Gasteiger partial charge in [-0.2, -0.15) is 0 Å². The average Bonchev–Trinajstić information content (AvgIpc) is 2.41. The number of carbonyl (C=O) groups excluding carboxylic acids is 1. The number of nitrogens with one attached hydrogen (secondary N) is 1. The highest BCUT2D eigenvalue weighted by Gasteiger charge is 2.02. The maximum absolute atomic E-state index is 11.7. The van der Waals surface area contributed by atoms with Crippen molar-refractivity contribution in [3.05, 3.63) is 78.2 Å². The Bertz CT molecular complexity index is 465. The predicted molar refractivity (Wildman–Crippen MR) is 68.6 cm³/mol. The molecule has 0 atom stereocenters. The lowest BCUT2D eigenvalue weighted by Crippen LogP contribution is -2.24. The number of carbonyl (C=O) groups is 1. The predicted octanol–water partition coefficient (Wildman–Crippen LogP) is 2.67. The average molecular weight is 224 g/mol. The minimum absolute atomic E-state index is 0.0437. The molecular formula is C15H14NO. The van der Waals surface area contributed by atoms with Gasteiger partial charge in [-0.05, 0) is 17.7 Å². The molecule has 0 fully saturated rings. The highest BCUT2D eigenvalue weighted by atomic mass is 16.1. The number of amides is 1. The zero-order valence-corrected chi connectivity index (χ0v) is 9.47. The molecule has 0 saturated heterocycles. The van der Waals surface area contributed by atoms with E-state index in [1.807, 2.05) is 55.0 Å². The molecule has 0 aliphatic carbocycles. The summed E-state index contributed by atoms with van der Waals surface area (Å²) < 4.78 is 0. The van der Waals surface area contributed by atoms with E-state index in [2.05, 4.69) is 5.32 Å². The standard InChI is InChI=1S/C15H14NO/c17-15(14-9-5-2-6-10-14)16-12-11-13-7-3-1-4-8-13/h1-11H,12H2,(H,16,17). The van der Waals surface area contributed by atoms with E-state index in [4.69, 9.17) is 0 Å². The van der Waals surface area contributed by atoms with E-state index in [-0.39, 0.29) is 5.91 Å². The van der Waals surface area contributed by atoms with E-state index >= 15 is 0 Å². The lowest BCUT2D eigenvalue weighted by Gasteiger charge is -2.04. The molecule has 0 aromatic heterocycles. The maximum Gasteiger partial charge on any atom is 0.251 e. The molecule has 0 aliphatic heterocycles. The molecule has 1 N–H and O–H groups in total. The van der Waals surface area contributed by atoms with Crippen molar-refractivity contribution in [3.63, 3.8) is 0 Å². The van der Waals surface area contributed by atoms with Crippen molar-refractivity contribution in [2.45, 2.75) is 0 Å². The topological polar surface area (TPSA) is 29.1 Å². The summed E-state index contributed by atoms with van der Waals surface area (Å²) in [5, 5.41) is 2.85. The van der Waals surface area contributed by atoms with E-state index in [0.717, 1.165) is 5.56 Å². The first-order chi connectivity index (χ1) is 8.36. The van der Waals surface area contributed by atoms with Gasteiger partial charge in [0.25, 0.3) is 5.91 Å². The molecule has 0 saturated carbocycles. The zero-order valence-electron chi connectivity index (χ0n) is 9.47. The van der Waals surface area contributed by atoms with Gasteiger partial charge in [0.05, 0.1) is 0 Å². The van der Waals surface area contributed by atoms with Crippen LogP contribution < -0.4 is 5.32 Å². The first-order valence-electron chi connectivity index (χ1n) is 5.58. The lowest BCUT2D eigenvalue weighted by atomic mass is 10.1. The van der Waals surface area contributed by atoms with Crippen LogP contribution in [0.1, 0.15) is 15.9 Å². The Balaban J connectivity index is 1.82. The molecule has 0 unspecified atom stereocenters. The molecule has 0 heterocycles. The summed E-state index contributed by atoms with van der Waals surface area (Å²) in [6.07, 6.45) is 1.99. The van der Waals surface area contributed by atoms with Gasteiger partial charge in [0.15, 0.2) is 0 Å². The van der Waals surface area contributed by atoms with Crippen molar-refractivity contribution in [3.8, 4) is 0 Å². The number of hydrogen-bond donors (Lipinski definition) is 1. The van der Waals surface area contributed by atoms with Crippen LogP contribution in [0, 0.1) is 6.42 Å². The fourth-order valence-corrected chi connectivity index (χ4v) is 1.54. The lowest BCUT2D eigenvalue weighted by molar-refractivity contribution is 0.0957. The Morgan fingerprint density at radius 1 is 0.941 bits per heavy atom. The van der Waals surface area contributed by atoms with Crippen LogP contribution in [0.3, 0.4) is 0 Å². The third kappa shape index (κ3) is 3.45. The first kappa shape index (κ1) is 11.4. The van der Waals surface area contributed by atoms with Gasteiger partial charge in [-0.1, -0.05) is 48.5 Å². The first-order valence-corrected chi connectivity index (χ1v) is 5.58. The summed E-state index contributed by atoms with van der Waals surface area (Å²) in [7, 11) is 0. The third-order valence-corrected chi connectivity index (χ3v) is 2.44. The van der Waals surface area contributed by atoms with Gasteiger partial charge in [0.2, 0.25) is 0 Å².